The fraction of sp³-hybridized carbons (Fsp3) is 0.267. The number of nitrogens with one attached hydrogen (secondary N) is 1. The highest BCUT2D eigenvalue weighted by atomic mass is 79.9. The van der Waals surface area contributed by atoms with Crippen molar-refractivity contribution in [3.8, 4) is 0 Å². The highest BCUT2D eigenvalue weighted by molar-refractivity contribution is 9.10. The number of fused-ring (bicyclic) bond motifs is 1. The molecule has 1 N–H and O–H groups in total. The lowest BCUT2D eigenvalue weighted by Crippen LogP contribution is -2.43. The second-order valence-corrected chi connectivity index (χ2v) is 7.06. The predicted octanol–water partition coefficient (Wildman–Crippen LogP) is 4.24. The van der Waals surface area contributed by atoms with Gasteiger partial charge < -0.3 is 10.2 Å². The largest absolute Gasteiger partial charge is 0.360 e. The third-order valence-corrected chi connectivity index (χ3v) is 5.51. The number of anilines is 1. The fourth-order valence-corrected chi connectivity index (χ4v) is 4.17. The minimum atomic E-state index is -0.0406. The fourth-order valence-electron chi connectivity index (χ4n) is 2.68. The molecule has 1 aliphatic carbocycles. The van der Waals surface area contributed by atoms with Crippen molar-refractivity contribution in [3.05, 3.63) is 50.6 Å². The Balaban J connectivity index is 1.80. The Labute approximate surface area is 129 Å². The number of benzene rings is 1. The molecule has 5 heteroatoms. The molecule has 20 heavy (non-hydrogen) atoms. The van der Waals surface area contributed by atoms with Gasteiger partial charge >= 0.3 is 0 Å². The number of thiophene rings is 1. The molecule has 0 spiro atoms. The number of nitrogens with zero attached hydrogens (tertiary/aromatic N) is 1. The van der Waals surface area contributed by atoms with Crippen molar-refractivity contribution in [1.82, 2.24) is 4.90 Å². The SMILES string of the molecule is O=C1c2ccccc2N[C@H](c2cc(Br)cs2)N1C1CC1. The van der Waals surface area contributed by atoms with Crippen molar-refractivity contribution in [1.29, 1.82) is 0 Å². The van der Waals surface area contributed by atoms with Gasteiger partial charge in [-0.1, -0.05) is 12.1 Å². The van der Waals surface area contributed by atoms with Crippen molar-refractivity contribution < 1.29 is 4.79 Å². The van der Waals surface area contributed by atoms with Crippen LogP contribution in [0.2, 0.25) is 0 Å². The molecule has 1 aromatic carbocycles. The maximum absolute atomic E-state index is 12.8. The molecular weight excluding hydrogens is 336 g/mol. The molecular formula is C15H13BrN2OS. The number of hydrogen-bond acceptors (Lipinski definition) is 3. The van der Waals surface area contributed by atoms with Crippen LogP contribution >= 0.6 is 27.3 Å². The molecule has 1 aromatic heterocycles. The minimum absolute atomic E-state index is 0.0406. The average Bonchev–Trinajstić information content (AvgIpc) is 3.20. The molecule has 2 aliphatic rings. The van der Waals surface area contributed by atoms with Crippen LogP contribution in [0.1, 0.15) is 34.2 Å². The van der Waals surface area contributed by atoms with Crippen LogP contribution in [0.25, 0.3) is 0 Å². The smallest absolute Gasteiger partial charge is 0.258 e. The van der Waals surface area contributed by atoms with Gasteiger partial charge in [0, 0.05) is 26.5 Å². The van der Waals surface area contributed by atoms with Gasteiger partial charge in [-0.2, -0.15) is 0 Å². The maximum atomic E-state index is 12.8. The number of carbonyl (C=O) groups excluding carboxylic acids is 1. The van der Waals surface area contributed by atoms with Gasteiger partial charge in [0.25, 0.3) is 5.91 Å². The summed E-state index contributed by atoms with van der Waals surface area (Å²) < 4.78 is 1.07. The van der Waals surface area contributed by atoms with Crippen LogP contribution in [0, 0.1) is 0 Å². The first-order valence-corrected chi connectivity index (χ1v) is 8.33. The molecule has 1 atom stereocenters. The quantitative estimate of drug-likeness (QED) is 0.880. The Morgan fingerprint density at radius 2 is 2.10 bits per heavy atom. The lowest BCUT2D eigenvalue weighted by atomic mass is 10.1. The Morgan fingerprint density at radius 3 is 2.80 bits per heavy atom. The molecule has 2 heterocycles. The lowest BCUT2D eigenvalue weighted by Gasteiger charge is -2.37. The molecule has 0 bridgehead atoms. The number of amides is 1. The molecule has 0 radical (unpaired) electrons. The normalized spacial score (nSPS) is 21.6. The van der Waals surface area contributed by atoms with Gasteiger partial charge in [-0.25, -0.2) is 0 Å². The van der Waals surface area contributed by atoms with Gasteiger partial charge in [-0.15, -0.1) is 11.3 Å². The second-order valence-electron chi connectivity index (χ2n) is 5.20. The van der Waals surface area contributed by atoms with Crippen LogP contribution in [0.4, 0.5) is 5.69 Å². The zero-order valence-electron chi connectivity index (χ0n) is 10.7. The molecule has 1 fully saturated rings. The van der Waals surface area contributed by atoms with E-state index >= 15 is 0 Å². The van der Waals surface area contributed by atoms with Crippen molar-refractivity contribution in [2.24, 2.45) is 0 Å². The second kappa shape index (κ2) is 4.60. The molecule has 1 aliphatic heterocycles. The topological polar surface area (TPSA) is 32.3 Å². The molecule has 1 saturated carbocycles. The van der Waals surface area contributed by atoms with E-state index in [2.05, 4.69) is 32.7 Å². The summed E-state index contributed by atoms with van der Waals surface area (Å²) in [6.45, 7) is 0. The molecule has 0 unspecified atom stereocenters. The van der Waals surface area contributed by atoms with E-state index in [1.54, 1.807) is 11.3 Å². The van der Waals surface area contributed by atoms with E-state index in [-0.39, 0.29) is 12.1 Å². The summed E-state index contributed by atoms with van der Waals surface area (Å²) in [6.07, 6.45) is 2.18. The van der Waals surface area contributed by atoms with Gasteiger partial charge in [0.05, 0.1) is 5.56 Å². The average molecular weight is 349 g/mol. The molecule has 2 aromatic rings. The van der Waals surface area contributed by atoms with Crippen LogP contribution in [0.3, 0.4) is 0 Å². The highest BCUT2D eigenvalue weighted by Gasteiger charge is 2.42. The van der Waals surface area contributed by atoms with Crippen LogP contribution in [0.15, 0.2) is 40.2 Å². The van der Waals surface area contributed by atoms with Crippen LogP contribution in [-0.2, 0) is 0 Å². The summed E-state index contributed by atoms with van der Waals surface area (Å²) in [4.78, 5) is 16.0. The Kier molecular flexibility index (Phi) is 2.86. The van der Waals surface area contributed by atoms with Crippen molar-refractivity contribution >= 4 is 38.9 Å². The summed E-state index contributed by atoms with van der Waals surface area (Å²) in [7, 11) is 0. The van der Waals surface area contributed by atoms with E-state index < -0.39 is 0 Å². The van der Waals surface area contributed by atoms with E-state index in [0.717, 1.165) is 28.6 Å². The minimum Gasteiger partial charge on any atom is -0.360 e. The number of carbonyl (C=O) groups is 1. The molecule has 0 saturated heterocycles. The monoisotopic (exact) mass is 348 g/mol. The Morgan fingerprint density at radius 1 is 1.30 bits per heavy atom. The summed E-state index contributed by atoms with van der Waals surface area (Å²) in [5.74, 6) is 0.149. The highest BCUT2D eigenvalue weighted by Crippen LogP contribution is 2.42. The van der Waals surface area contributed by atoms with Gasteiger partial charge in [0.15, 0.2) is 0 Å². The van der Waals surface area contributed by atoms with Crippen LogP contribution < -0.4 is 5.32 Å². The lowest BCUT2D eigenvalue weighted by molar-refractivity contribution is 0.0669. The predicted molar refractivity (Wildman–Crippen MR) is 84.0 cm³/mol. The van der Waals surface area contributed by atoms with Crippen LogP contribution in [0.5, 0.6) is 0 Å². The van der Waals surface area contributed by atoms with Crippen molar-refractivity contribution in [2.45, 2.75) is 25.0 Å². The first-order chi connectivity index (χ1) is 9.74. The molecule has 3 nitrogen and oxygen atoms in total. The number of para-hydroxylation sites is 1. The third-order valence-electron chi connectivity index (χ3n) is 3.76. The maximum Gasteiger partial charge on any atom is 0.258 e. The van der Waals surface area contributed by atoms with Crippen molar-refractivity contribution in [3.63, 3.8) is 0 Å². The first-order valence-electron chi connectivity index (χ1n) is 6.66. The molecule has 102 valence electrons. The Bertz CT molecular complexity index is 680. The molecule has 4 rings (SSSR count). The van der Waals surface area contributed by atoms with E-state index in [1.807, 2.05) is 29.2 Å². The van der Waals surface area contributed by atoms with Crippen molar-refractivity contribution in [2.75, 3.05) is 5.32 Å². The zero-order chi connectivity index (χ0) is 13.7. The summed E-state index contributed by atoms with van der Waals surface area (Å²) >= 11 is 5.18. The van der Waals surface area contributed by atoms with Crippen LogP contribution in [-0.4, -0.2) is 16.8 Å². The third kappa shape index (κ3) is 1.96. The number of rotatable bonds is 2. The van der Waals surface area contributed by atoms with E-state index in [9.17, 15) is 4.79 Å². The number of halogens is 1. The van der Waals surface area contributed by atoms with Gasteiger partial charge in [-0.05, 0) is 47.0 Å². The summed E-state index contributed by atoms with van der Waals surface area (Å²) in [5.41, 5.74) is 1.72. The summed E-state index contributed by atoms with van der Waals surface area (Å²) in [6, 6.07) is 10.3. The van der Waals surface area contributed by atoms with E-state index in [0.29, 0.717) is 6.04 Å². The van der Waals surface area contributed by atoms with Gasteiger partial charge in [0.2, 0.25) is 0 Å². The standard InChI is InChI=1S/C15H13BrN2OS/c16-9-7-13(20-8-9)14-17-12-4-2-1-3-11(12)15(19)18(14)10-5-6-10/h1-4,7-8,10,14,17H,5-6H2/t14-/m0/s1. The van der Waals surface area contributed by atoms with Gasteiger partial charge in [0.1, 0.15) is 6.17 Å². The first kappa shape index (κ1) is 12.4. The summed E-state index contributed by atoms with van der Waals surface area (Å²) in [5, 5.41) is 5.59. The van der Waals surface area contributed by atoms with Gasteiger partial charge in [-0.3, -0.25) is 4.79 Å². The van der Waals surface area contributed by atoms with E-state index in [4.69, 9.17) is 0 Å². The Hall–Kier alpha value is -1.33. The molecule has 1 amide bonds. The number of hydrogen-bond donors (Lipinski definition) is 1. The van der Waals surface area contributed by atoms with E-state index in [1.165, 1.54) is 4.88 Å². The zero-order valence-corrected chi connectivity index (χ0v) is 13.1.